The maximum atomic E-state index is 12.4. The molecule has 1 aliphatic rings. The van der Waals surface area contributed by atoms with Gasteiger partial charge in [0.25, 0.3) is 5.91 Å². The van der Waals surface area contributed by atoms with E-state index >= 15 is 0 Å². The maximum Gasteiger partial charge on any atom is 0.278 e. The van der Waals surface area contributed by atoms with Crippen LogP contribution in [0.15, 0.2) is 18.2 Å². The monoisotopic (exact) mass is 314 g/mol. The molecular weight excluding hydrogens is 300 g/mol. The van der Waals surface area contributed by atoms with Crippen LogP contribution in [-0.2, 0) is 12.8 Å². The molecule has 2 heterocycles. The molecule has 0 fully saturated rings. The van der Waals surface area contributed by atoms with Crippen LogP contribution in [0.3, 0.4) is 0 Å². The maximum absolute atomic E-state index is 12.4. The number of rotatable bonds is 3. The molecule has 22 heavy (non-hydrogen) atoms. The minimum absolute atomic E-state index is 0.203. The van der Waals surface area contributed by atoms with Gasteiger partial charge in [-0.15, -0.1) is 0 Å². The Morgan fingerprint density at radius 3 is 3.18 bits per heavy atom. The van der Waals surface area contributed by atoms with Crippen LogP contribution >= 0.6 is 11.3 Å². The lowest BCUT2D eigenvalue weighted by molar-refractivity contribution is 0.102. The van der Waals surface area contributed by atoms with Crippen molar-refractivity contribution < 1.29 is 9.53 Å². The van der Waals surface area contributed by atoms with E-state index in [1.165, 1.54) is 11.3 Å². The summed E-state index contributed by atoms with van der Waals surface area (Å²) in [5.41, 5.74) is 3.46. The number of carbonyl (C=O) groups excluding carboxylic acids is 1. The second kappa shape index (κ2) is 5.10. The van der Waals surface area contributed by atoms with Crippen molar-refractivity contribution in [2.24, 2.45) is 0 Å². The van der Waals surface area contributed by atoms with Crippen LogP contribution in [-0.4, -0.2) is 28.2 Å². The van der Waals surface area contributed by atoms with E-state index in [0.717, 1.165) is 46.5 Å². The fourth-order valence-corrected chi connectivity index (χ4v) is 3.64. The quantitative estimate of drug-likeness (QED) is 0.779. The number of anilines is 1. The lowest BCUT2D eigenvalue weighted by atomic mass is 10.2. The molecule has 0 bridgehead atoms. The number of ether oxygens (including phenoxy) is 1. The molecular formula is C15H14N4O2S. The smallest absolute Gasteiger partial charge is 0.278 e. The summed E-state index contributed by atoms with van der Waals surface area (Å²) in [6, 6.07) is 5.65. The average Bonchev–Trinajstić information content (AvgIpc) is 3.20. The van der Waals surface area contributed by atoms with Crippen LogP contribution in [0.1, 0.15) is 28.2 Å². The number of nitrogens with zero attached hydrogens (tertiary/aromatic N) is 2. The number of benzene rings is 1. The highest BCUT2D eigenvalue weighted by Gasteiger charge is 2.23. The predicted octanol–water partition coefficient (Wildman–Crippen LogP) is 2.77. The number of amides is 1. The fraction of sp³-hybridized carbons (Fsp3) is 0.267. The Bertz CT molecular complexity index is 868. The van der Waals surface area contributed by atoms with Crippen molar-refractivity contribution in [1.82, 2.24) is 15.2 Å². The average molecular weight is 314 g/mol. The van der Waals surface area contributed by atoms with E-state index in [4.69, 9.17) is 4.74 Å². The molecule has 2 N–H and O–H groups in total. The number of aromatic nitrogens is 3. The topological polar surface area (TPSA) is 79.9 Å². The zero-order chi connectivity index (χ0) is 15.1. The van der Waals surface area contributed by atoms with Crippen LogP contribution in [0.4, 0.5) is 5.13 Å². The Kier molecular flexibility index (Phi) is 3.07. The summed E-state index contributed by atoms with van der Waals surface area (Å²) in [4.78, 5) is 16.8. The lowest BCUT2D eigenvalue weighted by Crippen LogP contribution is -2.14. The normalized spacial score (nSPS) is 13.3. The molecule has 0 unspecified atom stereocenters. The van der Waals surface area contributed by atoms with Crippen LogP contribution in [0.5, 0.6) is 5.75 Å². The van der Waals surface area contributed by atoms with Gasteiger partial charge in [-0.25, -0.2) is 4.98 Å². The number of methoxy groups -OCH3 is 1. The summed E-state index contributed by atoms with van der Waals surface area (Å²) >= 11 is 1.42. The van der Waals surface area contributed by atoms with Gasteiger partial charge in [0.15, 0.2) is 10.8 Å². The van der Waals surface area contributed by atoms with Gasteiger partial charge >= 0.3 is 0 Å². The van der Waals surface area contributed by atoms with Crippen LogP contribution in [0, 0.1) is 0 Å². The molecule has 1 aliphatic carbocycles. The minimum Gasteiger partial charge on any atom is -0.497 e. The van der Waals surface area contributed by atoms with Crippen molar-refractivity contribution in [2.45, 2.75) is 19.3 Å². The highest BCUT2D eigenvalue weighted by molar-refractivity contribution is 7.22. The SMILES string of the molecule is COc1ccc2nc(NC(=O)c3n[nH]c4c3CCC4)sc2c1. The summed E-state index contributed by atoms with van der Waals surface area (Å²) in [5.74, 6) is 0.574. The molecule has 0 atom stereocenters. The molecule has 2 aromatic heterocycles. The van der Waals surface area contributed by atoms with Gasteiger partial charge in [0.2, 0.25) is 0 Å². The molecule has 4 rings (SSSR count). The largest absolute Gasteiger partial charge is 0.497 e. The summed E-state index contributed by atoms with van der Waals surface area (Å²) in [6.07, 6.45) is 2.95. The first-order valence-corrected chi connectivity index (χ1v) is 7.88. The molecule has 0 spiro atoms. The molecule has 3 aromatic rings. The number of nitrogens with one attached hydrogen (secondary N) is 2. The van der Waals surface area contributed by atoms with E-state index in [2.05, 4.69) is 20.5 Å². The Morgan fingerprint density at radius 2 is 2.32 bits per heavy atom. The van der Waals surface area contributed by atoms with Gasteiger partial charge in [0.05, 0.1) is 17.3 Å². The van der Waals surface area contributed by atoms with E-state index in [0.29, 0.717) is 10.8 Å². The van der Waals surface area contributed by atoms with Crippen molar-refractivity contribution >= 4 is 32.6 Å². The fourth-order valence-electron chi connectivity index (χ4n) is 2.75. The molecule has 112 valence electrons. The van der Waals surface area contributed by atoms with Crippen LogP contribution in [0.2, 0.25) is 0 Å². The number of H-pyrrole nitrogens is 1. The van der Waals surface area contributed by atoms with Gasteiger partial charge < -0.3 is 4.74 Å². The molecule has 7 heteroatoms. The van der Waals surface area contributed by atoms with Crippen molar-refractivity contribution in [1.29, 1.82) is 0 Å². The zero-order valence-electron chi connectivity index (χ0n) is 12.0. The number of fused-ring (bicyclic) bond motifs is 2. The van der Waals surface area contributed by atoms with Crippen LogP contribution < -0.4 is 10.1 Å². The van der Waals surface area contributed by atoms with Gasteiger partial charge in [0, 0.05) is 11.3 Å². The van der Waals surface area contributed by atoms with E-state index < -0.39 is 0 Å². The van der Waals surface area contributed by atoms with E-state index in [-0.39, 0.29) is 5.91 Å². The van der Waals surface area contributed by atoms with E-state index in [9.17, 15) is 4.79 Å². The number of aryl methyl sites for hydroxylation is 1. The van der Waals surface area contributed by atoms with Gasteiger partial charge in [-0.05, 0) is 37.5 Å². The Labute approximate surface area is 130 Å². The van der Waals surface area contributed by atoms with Gasteiger partial charge in [-0.3, -0.25) is 15.2 Å². The first kappa shape index (κ1) is 13.3. The number of hydrogen-bond donors (Lipinski definition) is 2. The highest BCUT2D eigenvalue weighted by atomic mass is 32.1. The number of hydrogen-bond acceptors (Lipinski definition) is 5. The molecule has 0 radical (unpaired) electrons. The highest BCUT2D eigenvalue weighted by Crippen LogP contribution is 2.30. The third kappa shape index (κ3) is 2.14. The Balaban J connectivity index is 1.61. The zero-order valence-corrected chi connectivity index (χ0v) is 12.8. The predicted molar refractivity (Wildman–Crippen MR) is 84.7 cm³/mol. The third-order valence-electron chi connectivity index (χ3n) is 3.84. The first-order chi connectivity index (χ1) is 10.7. The van der Waals surface area contributed by atoms with Crippen molar-refractivity contribution in [3.63, 3.8) is 0 Å². The summed E-state index contributed by atoms with van der Waals surface area (Å²) in [5, 5.41) is 10.5. The number of thiazole rings is 1. The second-order valence-electron chi connectivity index (χ2n) is 5.19. The molecule has 0 aliphatic heterocycles. The minimum atomic E-state index is -0.203. The summed E-state index contributed by atoms with van der Waals surface area (Å²) < 4.78 is 6.17. The van der Waals surface area contributed by atoms with Crippen molar-refractivity contribution in [2.75, 3.05) is 12.4 Å². The Hall–Kier alpha value is -2.41. The van der Waals surface area contributed by atoms with Crippen molar-refractivity contribution in [3.8, 4) is 5.75 Å². The summed E-state index contributed by atoms with van der Waals surface area (Å²) in [7, 11) is 1.63. The first-order valence-electron chi connectivity index (χ1n) is 7.06. The second-order valence-corrected chi connectivity index (χ2v) is 6.22. The van der Waals surface area contributed by atoms with Crippen LogP contribution in [0.25, 0.3) is 10.2 Å². The van der Waals surface area contributed by atoms with Gasteiger partial charge in [-0.2, -0.15) is 5.10 Å². The Morgan fingerprint density at radius 1 is 1.41 bits per heavy atom. The molecule has 6 nitrogen and oxygen atoms in total. The summed E-state index contributed by atoms with van der Waals surface area (Å²) in [6.45, 7) is 0. The molecule has 0 saturated carbocycles. The molecule has 1 aromatic carbocycles. The molecule has 0 saturated heterocycles. The van der Waals surface area contributed by atoms with Crippen molar-refractivity contribution in [3.05, 3.63) is 35.2 Å². The van der Waals surface area contributed by atoms with E-state index in [1.54, 1.807) is 7.11 Å². The lowest BCUT2D eigenvalue weighted by Gasteiger charge is -1.99. The van der Waals surface area contributed by atoms with Gasteiger partial charge in [-0.1, -0.05) is 11.3 Å². The standard InChI is InChI=1S/C15H14N4O2S/c1-21-8-5-6-11-12(7-8)22-15(16-11)17-14(20)13-9-3-2-4-10(9)18-19-13/h5-7H,2-4H2,1H3,(H,18,19)(H,16,17,20). The van der Waals surface area contributed by atoms with E-state index in [1.807, 2.05) is 18.2 Å². The third-order valence-corrected chi connectivity index (χ3v) is 4.77. The van der Waals surface area contributed by atoms with Gasteiger partial charge in [0.1, 0.15) is 5.75 Å². The number of aromatic amines is 1. The molecule has 1 amide bonds. The number of carbonyl (C=O) groups is 1.